The van der Waals surface area contributed by atoms with Crippen molar-refractivity contribution in [1.29, 1.82) is 0 Å². The summed E-state index contributed by atoms with van der Waals surface area (Å²) in [4.78, 5) is 12.1. The Bertz CT molecular complexity index is 734. The van der Waals surface area contributed by atoms with Crippen molar-refractivity contribution in [1.82, 2.24) is 5.32 Å². The summed E-state index contributed by atoms with van der Waals surface area (Å²) in [6, 6.07) is 8.34. The van der Waals surface area contributed by atoms with Gasteiger partial charge in [-0.1, -0.05) is 88.3 Å². The highest BCUT2D eigenvalue weighted by atomic mass is 35.5. The second-order valence-electron chi connectivity index (χ2n) is 10.9. The smallest absolute Gasteiger partial charge is 0.219 e. The zero-order valence-corrected chi connectivity index (χ0v) is 25.3. The Balaban J connectivity index is 0.0000137. The molecule has 0 fully saturated rings. The monoisotopic (exact) mass is 552 g/mol. The predicted molar refractivity (Wildman–Crippen MR) is 164 cm³/mol. The zero-order chi connectivity index (χ0) is 27.2. The first-order valence-corrected chi connectivity index (χ1v) is 14.9. The van der Waals surface area contributed by atoms with Gasteiger partial charge in [0, 0.05) is 18.5 Å². The second-order valence-corrected chi connectivity index (χ2v) is 10.9. The number of rotatable bonds is 23. The molecule has 1 amide bonds. The van der Waals surface area contributed by atoms with Crippen LogP contribution in [-0.2, 0) is 21.5 Å². The van der Waals surface area contributed by atoms with Gasteiger partial charge in [-0.2, -0.15) is 0 Å². The zero-order valence-electron chi connectivity index (χ0n) is 24.5. The van der Waals surface area contributed by atoms with Gasteiger partial charge in [0.2, 0.25) is 5.91 Å². The van der Waals surface area contributed by atoms with Gasteiger partial charge in [0.05, 0.1) is 19.3 Å². The molecule has 4 N–H and O–H groups in total. The molecule has 0 heterocycles. The molecule has 1 rings (SSSR count). The fraction of sp³-hybridized carbons (Fsp3) is 0.719. The molecule has 0 saturated heterocycles. The van der Waals surface area contributed by atoms with E-state index in [1.165, 1.54) is 56.1 Å². The summed E-state index contributed by atoms with van der Waals surface area (Å²) in [7, 11) is 0. The quantitative estimate of drug-likeness (QED) is 0.0976. The molecule has 220 valence electrons. The molecular weight excluding hydrogens is 496 g/mol. The van der Waals surface area contributed by atoms with E-state index in [0.717, 1.165) is 51.5 Å². The third kappa shape index (κ3) is 18.8. The number of aryl methyl sites for hydroxylation is 1. The lowest BCUT2D eigenvalue weighted by Crippen LogP contribution is -2.30. The number of benzene rings is 1. The van der Waals surface area contributed by atoms with Crippen molar-refractivity contribution in [3.63, 3.8) is 0 Å². The fourth-order valence-electron chi connectivity index (χ4n) is 4.69. The molecular formula is C32H57ClN2O3. The van der Waals surface area contributed by atoms with E-state index in [0.29, 0.717) is 13.0 Å². The van der Waals surface area contributed by atoms with Crippen LogP contribution in [0, 0.1) is 0 Å². The first kappa shape index (κ1) is 36.6. The van der Waals surface area contributed by atoms with Crippen LogP contribution in [-0.4, -0.2) is 36.9 Å². The van der Waals surface area contributed by atoms with Gasteiger partial charge in [0.25, 0.3) is 0 Å². The van der Waals surface area contributed by atoms with Crippen LogP contribution < -0.4 is 11.1 Å². The van der Waals surface area contributed by atoms with E-state index in [2.05, 4.69) is 42.6 Å². The number of aliphatic hydroxyl groups is 1. The minimum atomic E-state index is -0.345. The number of nitrogens with one attached hydrogen (secondary N) is 1. The predicted octanol–water partition coefficient (Wildman–Crippen LogP) is 7.38. The number of allylic oxidation sites excluding steroid dienone is 1. The number of aliphatic hydroxyl groups excluding tert-OH is 1. The summed E-state index contributed by atoms with van der Waals surface area (Å²) in [6.45, 7) is 7.55. The molecule has 0 saturated carbocycles. The Morgan fingerprint density at radius 1 is 1.03 bits per heavy atom. The number of halogens is 1. The van der Waals surface area contributed by atoms with Crippen LogP contribution in [0.3, 0.4) is 0 Å². The van der Waals surface area contributed by atoms with Crippen molar-refractivity contribution in [3.8, 4) is 0 Å². The first-order chi connectivity index (χ1) is 17.9. The molecule has 0 aromatic heterocycles. The number of hydrogen-bond acceptors (Lipinski definition) is 4. The maximum absolute atomic E-state index is 12.1. The molecule has 1 aromatic rings. The lowest BCUT2D eigenvalue weighted by molar-refractivity contribution is -0.121. The number of nitrogens with two attached hydrogens (primary N) is 1. The molecule has 1 atom stereocenters. The highest BCUT2D eigenvalue weighted by molar-refractivity contribution is 5.85. The molecule has 1 aromatic carbocycles. The average molecular weight is 553 g/mol. The maximum atomic E-state index is 12.1. The third-order valence-corrected chi connectivity index (χ3v) is 6.82. The minimum Gasteiger partial charge on any atom is -0.394 e. The lowest BCUT2D eigenvalue weighted by atomic mass is 9.89. The van der Waals surface area contributed by atoms with Crippen LogP contribution in [0.5, 0.6) is 0 Å². The van der Waals surface area contributed by atoms with E-state index in [4.69, 9.17) is 15.6 Å². The maximum Gasteiger partial charge on any atom is 0.219 e. The van der Waals surface area contributed by atoms with Gasteiger partial charge in [-0.15, -0.1) is 12.4 Å². The number of unbranched alkanes of at least 4 members (excludes halogenated alkanes) is 8. The largest absolute Gasteiger partial charge is 0.394 e. The topological polar surface area (TPSA) is 84.6 Å². The van der Waals surface area contributed by atoms with E-state index < -0.39 is 0 Å². The molecule has 1 unspecified atom stereocenters. The van der Waals surface area contributed by atoms with Crippen LogP contribution in [0.15, 0.2) is 36.4 Å². The number of ether oxygens (including phenoxy) is 1. The van der Waals surface area contributed by atoms with Gasteiger partial charge >= 0.3 is 0 Å². The Morgan fingerprint density at radius 3 is 2.47 bits per heavy atom. The van der Waals surface area contributed by atoms with Gasteiger partial charge < -0.3 is 20.9 Å². The number of amides is 1. The van der Waals surface area contributed by atoms with Crippen LogP contribution in [0.1, 0.15) is 122 Å². The first-order valence-electron chi connectivity index (χ1n) is 14.9. The molecule has 0 aliphatic heterocycles. The Labute approximate surface area is 239 Å². The molecule has 0 radical (unpaired) electrons. The van der Waals surface area contributed by atoms with Gasteiger partial charge in [-0.05, 0) is 69.9 Å². The van der Waals surface area contributed by atoms with Crippen molar-refractivity contribution in [2.75, 3.05) is 19.8 Å². The molecule has 0 aliphatic rings. The molecule has 5 nitrogen and oxygen atoms in total. The molecule has 6 heteroatoms. The van der Waals surface area contributed by atoms with Gasteiger partial charge in [0.15, 0.2) is 0 Å². The van der Waals surface area contributed by atoms with E-state index in [1.807, 2.05) is 19.9 Å². The molecule has 0 aliphatic carbocycles. The van der Waals surface area contributed by atoms with Crippen molar-refractivity contribution < 1.29 is 14.6 Å². The summed E-state index contributed by atoms with van der Waals surface area (Å²) in [5.74, 6) is 0.169. The summed E-state index contributed by atoms with van der Waals surface area (Å²) in [5.41, 5.74) is 8.41. The van der Waals surface area contributed by atoms with E-state index in [-0.39, 0.29) is 36.6 Å². The molecule has 0 spiro atoms. The summed E-state index contributed by atoms with van der Waals surface area (Å²) < 4.78 is 5.79. The molecule has 38 heavy (non-hydrogen) atoms. The third-order valence-electron chi connectivity index (χ3n) is 6.82. The van der Waals surface area contributed by atoms with Crippen LogP contribution in [0.4, 0.5) is 0 Å². The Kier molecular flexibility index (Phi) is 22.6. The summed E-state index contributed by atoms with van der Waals surface area (Å²) in [6.07, 6.45) is 21.1. The van der Waals surface area contributed by atoms with E-state index >= 15 is 0 Å². The van der Waals surface area contributed by atoms with Crippen molar-refractivity contribution >= 4 is 18.3 Å². The SMILES string of the molecule is CCCCCCC(C/C=C\CCCCCCCC(=O)NCCCc1ccccc1C(C)(C)N)OCCO.Cl. The van der Waals surface area contributed by atoms with E-state index in [9.17, 15) is 4.79 Å². The normalized spacial score (nSPS) is 12.4. The second kappa shape index (κ2) is 23.5. The number of hydrogen-bond donors (Lipinski definition) is 3. The molecule has 0 bridgehead atoms. The number of carbonyl (C=O) groups is 1. The minimum absolute atomic E-state index is 0. The Morgan fingerprint density at radius 2 is 1.74 bits per heavy atom. The van der Waals surface area contributed by atoms with Crippen molar-refractivity contribution in [2.24, 2.45) is 5.73 Å². The lowest BCUT2D eigenvalue weighted by Gasteiger charge is -2.23. The van der Waals surface area contributed by atoms with Crippen LogP contribution in [0.25, 0.3) is 0 Å². The Hall–Kier alpha value is -1.40. The van der Waals surface area contributed by atoms with Crippen LogP contribution in [0.2, 0.25) is 0 Å². The van der Waals surface area contributed by atoms with Crippen molar-refractivity contribution in [3.05, 3.63) is 47.5 Å². The van der Waals surface area contributed by atoms with Gasteiger partial charge in [-0.3, -0.25) is 4.79 Å². The van der Waals surface area contributed by atoms with Gasteiger partial charge in [-0.25, -0.2) is 0 Å². The highest BCUT2D eigenvalue weighted by Crippen LogP contribution is 2.22. The van der Waals surface area contributed by atoms with Crippen LogP contribution >= 0.6 is 12.4 Å². The summed E-state index contributed by atoms with van der Waals surface area (Å²) >= 11 is 0. The average Bonchev–Trinajstić information content (AvgIpc) is 2.87. The fourth-order valence-corrected chi connectivity index (χ4v) is 4.69. The highest BCUT2D eigenvalue weighted by Gasteiger charge is 2.17. The van der Waals surface area contributed by atoms with Gasteiger partial charge in [0.1, 0.15) is 0 Å². The number of carbonyl (C=O) groups excluding carboxylic acids is 1. The van der Waals surface area contributed by atoms with Crippen molar-refractivity contribution in [2.45, 2.75) is 129 Å². The standard InChI is InChI=1S/C32H56N2O3.ClH/c1-4-5-6-13-21-29(37-27-26-35)22-14-11-9-7-8-10-12-15-24-31(36)34-25-18-20-28-19-16-17-23-30(28)32(2,3)33;/h11,14,16-17,19,23,29,35H,4-10,12-13,15,18,20-22,24-27,33H2,1-3H3,(H,34,36);1H/b14-11-;. The summed E-state index contributed by atoms with van der Waals surface area (Å²) in [5, 5.41) is 12.1. The van der Waals surface area contributed by atoms with E-state index in [1.54, 1.807) is 0 Å².